The molecule has 1 N–H and O–H groups in total. The maximum absolute atomic E-state index is 5.98. The molecule has 1 aromatic heterocycles. The summed E-state index contributed by atoms with van der Waals surface area (Å²) in [6.45, 7) is 5.32. The third-order valence-electron chi connectivity index (χ3n) is 3.48. The van der Waals surface area contributed by atoms with Crippen LogP contribution in [0.3, 0.4) is 0 Å². The lowest BCUT2D eigenvalue weighted by Gasteiger charge is -2.32. The third kappa shape index (κ3) is 3.95. The van der Waals surface area contributed by atoms with E-state index in [0.29, 0.717) is 18.2 Å². The molecule has 4 heteroatoms. The lowest BCUT2D eigenvalue weighted by Crippen LogP contribution is -2.39. The van der Waals surface area contributed by atoms with Gasteiger partial charge in [-0.3, -0.25) is 0 Å². The molecule has 3 unspecified atom stereocenters. The summed E-state index contributed by atoms with van der Waals surface area (Å²) in [6, 6.07) is 5.05. The van der Waals surface area contributed by atoms with Crippen LogP contribution in [-0.4, -0.2) is 18.8 Å². The Morgan fingerprint density at radius 1 is 1.56 bits per heavy atom. The second-order valence-corrected chi connectivity index (χ2v) is 6.78. The summed E-state index contributed by atoms with van der Waals surface area (Å²) in [7, 11) is 0. The molecule has 1 fully saturated rings. The van der Waals surface area contributed by atoms with Gasteiger partial charge in [0.1, 0.15) is 0 Å². The smallest absolute Gasteiger partial charge is 0.0931 e. The van der Waals surface area contributed by atoms with Crippen molar-refractivity contribution < 1.29 is 4.74 Å². The largest absolute Gasteiger partial charge is 0.378 e. The van der Waals surface area contributed by atoms with Crippen LogP contribution in [0.4, 0.5) is 0 Å². The third-order valence-corrected chi connectivity index (χ3v) is 4.90. The average molecular weight is 288 g/mol. The number of thiophene rings is 1. The van der Waals surface area contributed by atoms with Crippen molar-refractivity contribution in [2.45, 2.75) is 57.7 Å². The standard InChI is InChI=1S/C14H22ClNOS/c1-3-4-12-9-11(7-8-17-12)16-10(2)13-5-6-14(15)18-13/h5-6,10-12,16H,3-4,7-9H2,1-2H3. The molecular weight excluding hydrogens is 266 g/mol. The summed E-state index contributed by atoms with van der Waals surface area (Å²) < 4.78 is 6.65. The minimum Gasteiger partial charge on any atom is -0.378 e. The molecule has 0 spiro atoms. The summed E-state index contributed by atoms with van der Waals surface area (Å²) in [5.74, 6) is 0. The maximum Gasteiger partial charge on any atom is 0.0931 e. The quantitative estimate of drug-likeness (QED) is 0.867. The molecular formula is C14H22ClNOS. The molecule has 0 saturated carbocycles. The van der Waals surface area contributed by atoms with Crippen LogP contribution in [0.1, 0.15) is 50.4 Å². The van der Waals surface area contributed by atoms with Crippen LogP contribution in [0.25, 0.3) is 0 Å². The monoisotopic (exact) mass is 287 g/mol. The number of hydrogen-bond acceptors (Lipinski definition) is 3. The molecule has 1 aliphatic heterocycles. The number of hydrogen-bond donors (Lipinski definition) is 1. The first-order valence-corrected chi connectivity index (χ1v) is 8.01. The van der Waals surface area contributed by atoms with E-state index >= 15 is 0 Å². The highest BCUT2D eigenvalue weighted by Gasteiger charge is 2.23. The zero-order valence-electron chi connectivity index (χ0n) is 11.1. The molecule has 1 aliphatic rings. The molecule has 3 atom stereocenters. The predicted octanol–water partition coefficient (Wildman–Crippen LogP) is 4.40. The molecule has 1 aromatic rings. The van der Waals surface area contributed by atoms with Gasteiger partial charge in [0.15, 0.2) is 0 Å². The van der Waals surface area contributed by atoms with Gasteiger partial charge in [0.05, 0.1) is 10.4 Å². The zero-order chi connectivity index (χ0) is 13.0. The maximum atomic E-state index is 5.98. The highest BCUT2D eigenvalue weighted by Crippen LogP contribution is 2.28. The normalized spacial score (nSPS) is 26.2. The Morgan fingerprint density at radius 2 is 2.39 bits per heavy atom. The Kier molecular flexibility index (Phi) is 5.49. The first kappa shape index (κ1) is 14.3. The van der Waals surface area contributed by atoms with E-state index in [1.807, 2.05) is 6.07 Å². The molecule has 0 aromatic carbocycles. The van der Waals surface area contributed by atoms with Gasteiger partial charge in [-0.2, -0.15) is 0 Å². The van der Waals surface area contributed by atoms with E-state index in [2.05, 4.69) is 25.2 Å². The number of nitrogens with one attached hydrogen (secondary N) is 1. The van der Waals surface area contributed by atoms with Crippen LogP contribution in [-0.2, 0) is 4.74 Å². The molecule has 2 heterocycles. The Morgan fingerprint density at radius 3 is 3.06 bits per heavy atom. The van der Waals surface area contributed by atoms with Gasteiger partial charge >= 0.3 is 0 Å². The van der Waals surface area contributed by atoms with Gasteiger partial charge in [-0.05, 0) is 38.3 Å². The second-order valence-electron chi connectivity index (χ2n) is 5.03. The molecule has 1 saturated heterocycles. The highest BCUT2D eigenvalue weighted by molar-refractivity contribution is 7.16. The van der Waals surface area contributed by atoms with Crippen molar-refractivity contribution in [3.8, 4) is 0 Å². The van der Waals surface area contributed by atoms with E-state index in [1.165, 1.54) is 17.7 Å². The van der Waals surface area contributed by atoms with Crippen LogP contribution in [0, 0.1) is 0 Å². The first-order valence-electron chi connectivity index (χ1n) is 6.82. The van der Waals surface area contributed by atoms with Gasteiger partial charge < -0.3 is 10.1 Å². The van der Waals surface area contributed by atoms with Gasteiger partial charge in [0.25, 0.3) is 0 Å². The molecule has 0 amide bonds. The molecule has 0 bridgehead atoms. The van der Waals surface area contributed by atoms with Gasteiger partial charge in [-0.1, -0.05) is 24.9 Å². The topological polar surface area (TPSA) is 21.3 Å². The Hall–Kier alpha value is -0.0900. The summed E-state index contributed by atoms with van der Waals surface area (Å²) >= 11 is 7.65. The fourth-order valence-corrected chi connectivity index (χ4v) is 3.62. The van der Waals surface area contributed by atoms with Gasteiger partial charge in [0, 0.05) is 23.6 Å². The van der Waals surface area contributed by atoms with Gasteiger partial charge in [-0.15, -0.1) is 11.3 Å². The molecule has 0 radical (unpaired) electrons. The molecule has 0 aliphatic carbocycles. The lowest BCUT2D eigenvalue weighted by molar-refractivity contribution is -0.00466. The van der Waals surface area contributed by atoms with Crippen molar-refractivity contribution in [1.29, 1.82) is 0 Å². The fourth-order valence-electron chi connectivity index (χ4n) is 2.55. The summed E-state index contributed by atoms with van der Waals surface area (Å²) in [5.41, 5.74) is 0. The van der Waals surface area contributed by atoms with Crippen molar-refractivity contribution in [2.24, 2.45) is 0 Å². The van der Waals surface area contributed by atoms with Crippen molar-refractivity contribution >= 4 is 22.9 Å². The van der Waals surface area contributed by atoms with Crippen molar-refractivity contribution in [2.75, 3.05) is 6.61 Å². The van der Waals surface area contributed by atoms with Crippen LogP contribution >= 0.6 is 22.9 Å². The first-order chi connectivity index (χ1) is 8.69. The molecule has 2 rings (SSSR count). The summed E-state index contributed by atoms with van der Waals surface area (Å²) in [6.07, 6.45) is 5.08. The van der Waals surface area contributed by atoms with Crippen LogP contribution in [0.15, 0.2) is 12.1 Å². The van der Waals surface area contributed by atoms with Gasteiger partial charge in [0.2, 0.25) is 0 Å². The van der Waals surface area contributed by atoms with E-state index in [4.69, 9.17) is 16.3 Å². The van der Waals surface area contributed by atoms with E-state index in [1.54, 1.807) is 11.3 Å². The fraction of sp³-hybridized carbons (Fsp3) is 0.714. The van der Waals surface area contributed by atoms with E-state index < -0.39 is 0 Å². The minimum absolute atomic E-state index is 0.382. The highest BCUT2D eigenvalue weighted by atomic mass is 35.5. The van der Waals surface area contributed by atoms with Crippen molar-refractivity contribution in [1.82, 2.24) is 5.32 Å². The summed E-state index contributed by atoms with van der Waals surface area (Å²) in [4.78, 5) is 1.32. The molecule has 2 nitrogen and oxygen atoms in total. The van der Waals surface area contributed by atoms with Crippen molar-refractivity contribution in [3.63, 3.8) is 0 Å². The van der Waals surface area contributed by atoms with E-state index in [9.17, 15) is 0 Å². The van der Waals surface area contributed by atoms with Crippen LogP contribution < -0.4 is 5.32 Å². The number of rotatable bonds is 5. The number of ether oxygens (including phenoxy) is 1. The van der Waals surface area contributed by atoms with Crippen LogP contribution in [0.5, 0.6) is 0 Å². The predicted molar refractivity (Wildman–Crippen MR) is 78.5 cm³/mol. The van der Waals surface area contributed by atoms with E-state index in [-0.39, 0.29) is 0 Å². The van der Waals surface area contributed by atoms with Crippen molar-refractivity contribution in [3.05, 3.63) is 21.3 Å². The zero-order valence-corrected chi connectivity index (χ0v) is 12.7. The summed E-state index contributed by atoms with van der Waals surface area (Å²) in [5, 5.41) is 3.71. The van der Waals surface area contributed by atoms with Gasteiger partial charge in [-0.25, -0.2) is 0 Å². The Balaban J connectivity index is 1.85. The van der Waals surface area contributed by atoms with Crippen LogP contribution in [0.2, 0.25) is 4.34 Å². The number of halogens is 1. The lowest BCUT2D eigenvalue weighted by atomic mass is 9.99. The SMILES string of the molecule is CCCC1CC(NC(C)c2ccc(Cl)s2)CCO1. The molecule has 102 valence electrons. The Bertz CT molecular complexity index is 366. The second kappa shape index (κ2) is 6.90. The Labute approximate surface area is 119 Å². The molecule has 18 heavy (non-hydrogen) atoms. The van der Waals surface area contributed by atoms with E-state index in [0.717, 1.165) is 23.8 Å². The average Bonchev–Trinajstić information content (AvgIpc) is 2.77. The minimum atomic E-state index is 0.382.